The van der Waals surface area contributed by atoms with E-state index in [4.69, 9.17) is 16.3 Å². The first-order chi connectivity index (χ1) is 16.8. The Bertz CT molecular complexity index is 1160. The van der Waals surface area contributed by atoms with E-state index < -0.39 is 0 Å². The summed E-state index contributed by atoms with van der Waals surface area (Å²) in [6.07, 6.45) is 8.37. The molecular formula is C32H39ClOS. The topological polar surface area (TPSA) is 9.23 Å². The highest BCUT2D eigenvalue weighted by molar-refractivity contribution is 7.13. The van der Waals surface area contributed by atoms with Crippen LogP contribution in [-0.2, 0) is 6.42 Å². The van der Waals surface area contributed by atoms with E-state index in [1.807, 2.05) is 23.5 Å². The number of hydrogen-bond acceptors (Lipinski definition) is 2. The number of allylic oxidation sites excluding steroid dienone is 2. The van der Waals surface area contributed by atoms with Gasteiger partial charge in [-0.2, -0.15) is 0 Å². The molecule has 186 valence electrons. The average molecular weight is 507 g/mol. The summed E-state index contributed by atoms with van der Waals surface area (Å²) in [5, 5.41) is 0.763. The van der Waals surface area contributed by atoms with Crippen LogP contribution in [0.25, 0.3) is 11.6 Å². The molecule has 1 unspecified atom stereocenters. The van der Waals surface area contributed by atoms with E-state index in [1.54, 1.807) is 7.11 Å². The van der Waals surface area contributed by atoms with Gasteiger partial charge >= 0.3 is 0 Å². The summed E-state index contributed by atoms with van der Waals surface area (Å²) in [6.45, 7) is 11.0. The first-order valence-corrected chi connectivity index (χ1v) is 13.9. The molecule has 0 bridgehead atoms. The van der Waals surface area contributed by atoms with Gasteiger partial charge in [-0.05, 0) is 93.3 Å². The van der Waals surface area contributed by atoms with Gasteiger partial charge in [0.15, 0.2) is 0 Å². The Morgan fingerprint density at radius 1 is 1.09 bits per heavy atom. The van der Waals surface area contributed by atoms with Crippen LogP contribution in [0.1, 0.15) is 79.8 Å². The van der Waals surface area contributed by atoms with Crippen LogP contribution < -0.4 is 4.74 Å². The zero-order valence-electron chi connectivity index (χ0n) is 22.1. The minimum absolute atomic E-state index is 0.763. The number of thiophene rings is 1. The van der Waals surface area contributed by atoms with Crippen LogP contribution in [0.5, 0.6) is 5.75 Å². The maximum absolute atomic E-state index is 6.59. The lowest BCUT2D eigenvalue weighted by molar-refractivity contribution is 0.415. The predicted octanol–water partition coefficient (Wildman–Crippen LogP) is 10.4. The minimum atomic E-state index is 0.763. The van der Waals surface area contributed by atoms with Crippen LogP contribution in [0, 0.1) is 12.8 Å². The molecule has 1 aliphatic carbocycles. The number of aryl methyl sites for hydroxylation is 1. The lowest BCUT2D eigenvalue weighted by atomic mass is 9.84. The summed E-state index contributed by atoms with van der Waals surface area (Å²) in [5.41, 5.74) is 8.07. The van der Waals surface area contributed by atoms with Gasteiger partial charge in [0.1, 0.15) is 5.75 Å². The fourth-order valence-electron chi connectivity index (χ4n) is 4.16. The van der Waals surface area contributed by atoms with Gasteiger partial charge in [0.25, 0.3) is 0 Å². The molecule has 1 nitrogen and oxygen atoms in total. The Hall–Kier alpha value is -2.29. The van der Waals surface area contributed by atoms with E-state index in [1.165, 1.54) is 69.7 Å². The van der Waals surface area contributed by atoms with Crippen molar-refractivity contribution in [2.24, 2.45) is 5.92 Å². The maximum atomic E-state index is 6.59. The lowest BCUT2D eigenvalue weighted by Crippen LogP contribution is -2.02. The third-order valence-electron chi connectivity index (χ3n) is 6.53. The van der Waals surface area contributed by atoms with E-state index in [9.17, 15) is 0 Å². The summed E-state index contributed by atoms with van der Waals surface area (Å²) in [4.78, 5) is 2.68. The monoisotopic (exact) mass is 506 g/mol. The summed E-state index contributed by atoms with van der Waals surface area (Å²) in [7, 11) is 1.67. The number of ether oxygens (including phenoxy) is 1. The molecule has 1 heterocycles. The smallest absolute Gasteiger partial charge is 0.120 e. The molecule has 1 fully saturated rings. The number of halogens is 1. The van der Waals surface area contributed by atoms with Crippen LogP contribution in [-0.4, -0.2) is 7.11 Å². The lowest BCUT2D eigenvalue weighted by Gasteiger charge is -2.23. The van der Waals surface area contributed by atoms with Crippen LogP contribution in [0.2, 0.25) is 5.02 Å². The van der Waals surface area contributed by atoms with E-state index in [0.29, 0.717) is 0 Å². The van der Waals surface area contributed by atoms with Crippen molar-refractivity contribution >= 4 is 34.6 Å². The van der Waals surface area contributed by atoms with Gasteiger partial charge in [-0.15, -0.1) is 11.3 Å². The summed E-state index contributed by atoms with van der Waals surface area (Å²) < 4.78 is 5.30. The summed E-state index contributed by atoms with van der Waals surface area (Å²) >= 11 is 8.45. The quantitative estimate of drug-likeness (QED) is 0.309. The van der Waals surface area contributed by atoms with Crippen LogP contribution >= 0.6 is 22.9 Å². The second-order valence-corrected chi connectivity index (χ2v) is 11.4. The van der Waals surface area contributed by atoms with E-state index in [0.717, 1.165) is 22.3 Å². The molecule has 4 rings (SSSR count). The van der Waals surface area contributed by atoms with Crippen molar-refractivity contribution < 1.29 is 4.74 Å². The molecule has 0 N–H and O–H groups in total. The summed E-state index contributed by atoms with van der Waals surface area (Å²) in [6, 6.07) is 19.0. The van der Waals surface area contributed by atoms with Gasteiger partial charge in [-0.1, -0.05) is 79.4 Å². The highest BCUT2D eigenvalue weighted by Crippen LogP contribution is 2.43. The van der Waals surface area contributed by atoms with Crippen molar-refractivity contribution in [3.63, 3.8) is 0 Å². The zero-order valence-corrected chi connectivity index (χ0v) is 23.7. The largest absolute Gasteiger partial charge is 0.497 e. The van der Waals surface area contributed by atoms with Gasteiger partial charge in [-0.3, -0.25) is 0 Å². The third kappa shape index (κ3) is 7.59. The molecular weight excluding hydrogens is 468 g/mol. The van der Waals surface area contributed by atoms with Gasteiger partial charge in [-0.25, -0.2) is 0 Å². The molecule has 1 saturated carbocycles. The Morgan fingerprint density at radius 2 is 1.80 bits per heavy atom. The molecule has 0 radical (unpaired) electrons. The SMILES string of the molecule is CCC(C)Cc1ccccc1.COc1ccc(C(=C2CCC2)c2cc(C=C(C)C)c(C)s2)c(Cl)c1. The minimum Gasteiger partial charge on any atom is -0.497 e. The standard InChI is InChI=1S/C21H23ClOS.C11H16/c1-13(2)10-16-11-20(24-14(16)3)21(15-6-5-7-15)18-9-8-17(23-4)12-19(18)22;1-3-10(2)9-11-7-5-4-6-8-11/h8-12H,5-7H2,1-4H3;4-8,10H,3,9H2,1-2H3. The molecule has 0 amide bonds. The molecule has 1 atom stereocenters. The summed E-state index contributed by atoms with van der Waals surface area (Å²) in [5.74, 6) is 1.62. The highest BCUT2D eigenvalue weighted by Gasteiger charge is 2.21. The normalized spacial score (nSPS) is 13.3. The van der Waals surface area contributed by atoms with E-state index in [2.05, 4.69) is 83.2 Å². The third-order valence-corrected chi connectivity index (χ3v) is 7.92. The highest BCUT2D eigenvalue weighted by atomic mass is 35.5. The van der Waals surface area contributed by atoms with Gasteiger partial charge in [0, 0.05) is 15.3 Å². The van der Waals surface area contributed by atoms with Gasteiger partial charge < -0.3 is 4.74 Å². The molecule has 0 saturated heterocycles. The first kappa shape index (κ1) is 27.3. The van der Waals surface area contributed by atoms with Gasteiger partial charge in [0.2, 0.25) is 0 Å². The Balaban J connectivity index is 0.000000261. The number of methoxy groups -OCH3 is 1. The molecule has 1 aliphatic rings. The van der Waals surface area contributed by atoms with Crippen molar-refractivity contribution in [3.8, 4) is 5.75 Å². The van der Waals surface area contributed by atoms with E-state index >= 15 is 0 Å². The number of rotatable bonds is 7. The Labute approximate surface area is 221 Å². The Kier molecular flexibility index (Phi) is 10.2. The van der Waals surface area contributed by atoms with Crippen LogP contribution in [0.3, 0.4) is 0 Å². The Morgan fingerprint density at radius 3 is 2.34 bits per heavy atom. The number of benzene rings is 2. The predicted molar refractivity (Wildman–Crippen MR) is 156 cm³/mol. The maximum Gasteiger partial charge on any atom is 0.120 e. The van der Waals surface area contributed by atoms with Gasteiger partial charge in [0.05, 0.1) is 12.1 Å². The van der Waals surface area contributed by atoms with Crippen LogP contribution in [0.4, 0.5) is 0 Å². The molecule has 2 aromatic carbocycles. The molecule has 3 heteroatoms. The molecule has 0 spiro atoms. The number of hydrogen-bond donors (Lipinski definition) is 0. The van der Waals surface area contributed by atoms with Crippen LogP contribution in [0.15, 0.2) is 65.7 Å². The average Bonchev–Trinajstić information content (AvgIpc) is 3.16. The fourth-order valence-corrected chi connectivity index (χ4v) is 5.53. The van der Waals surface area contributed by atoms with Crippen molar-refractivity contribution in [1.82, 2.24) is 0 Å². The van der Waals surface area contributed by atoms with Crippen molar-refractivity contribution in [3.05, 3.63) is 97.2 Å². The zero-order chi connectivity index (χ0) is 25.4. The fraction of sp³-hybridized carbons (Fsp3) is 0.375. The first-order valence-electron chi connectivity index (χ1n) is 12.7. The molecule has 35 heavy (non-hydrogen) atoms. The second-order valence-electron chi connectivity index (χ2n) is 9.72. The van der Waals surface area contributed by atoms with E-state index in [-0.39, 0.29) is 0 Å². The van der Waals surface area contributed by atoms with Crippen molar-refractivity contribution in [1.29, 1.82) is 0 Å². The molecule has 3 aromatic rings. The molecule has 0 aliphatic heterocycles. The molecule has 1 aromatic heterocycles. The van der Waals surface area contributed by atoms with Crippen molar-refractivity contribution in [2.45, 2.75) is 66.7 Å². The van der Waals surface area contributed by atoms with Crippen molar-refractivity contribution in [2.75, 3.05) is 7.11 Å². The second kappa shape index (κ2) is 13.1.